The molecule has 0 spiro atoms. The summed E-state index contributed by atoms with van der Waals surface area (Å²) in [7, 11) is 0. The van der Waals surface area contributed by atoms with Crippen molar-refractivity contribution in [1.82, 2.24) is 0 Å². The van der Waals surface area contributed by atoms with Gasteiger partial charge in [0.05, 0.1) is 13.2 Å². The molecule has 2 rings (SSSR count). The van der Waals surface area contributed by atoms with E-state index in [1.54, 1.807) is 18.2 Å². The molecule has 2 aromatic carbocycles. The van der Waals surface area contributed by atoms with Gasteiger partial charge in [0.2, 0.25) is 0 Å². The first-order valence-electron chi connectivity index (χ1n) is 6.77. The lowest BCUT2D eigenvalue weighted by atomic mass is 10.2. The molecular formula is C16H18ClFNO2+. The highest BCUT2D eigenvalue weighted by Crippen LogP contribution is 2.23. The Hall–Kier alpha value is -1.62. The van der Waals surface area contributed by atoms with Crippen LogP contribution in [0.25, 0.3) is 0 Å². The molecule has 3 N–H and O–H groups in total. The predicted octanol–water partition coefficient (Wildman–Crippen LogP) is 2.11. The number of rotatable bonds is 7. The first-order chi connectivity index (χ1) is 10.2. The number of aliphatic hydroxyl groups excluding tert-OH is 1. The van der Waals surface area contributed by atoms with E-state index >= 15 is 0 Å². The van der Waals surface area contributed by atoms with E-state index in [4.69, 9.17) is 21.4 Å². The van der Waals surface area contributed by atoms with E-state index in [0.29, 0.717) is 24.7 Å². The van der Waals surface area contributed by atoms with Crippen molar-refractivity contribution in [3.63, 3.8) is 0 Å². The Labute approximate surface area is 128 Å². The van der Waals surface area contributed by atoms with Crippen molar-refractivity contribution in [2.24, 2.45) is 0 Å². The molecular weight excluding hydrogens is 293 g/mol. The topological polar surface area (TPSA) is 46.1 Å². The van der Waals surface area contributed by atoms with Gasteiger partial charge >= 0.3 is 0 Å². The van der Waals surface area contributed by atoms with Gasteiger partial charge in [-0.3, -0.25) is 0 Å². The van der Waals surface area contributed by atoms with Crippen LogP contribution in [0.4, 0.5) is 4.39 Å². The van der Waals surface area contributed by atoms with Crippen LogP contribution in [-0.4, -0.2) is 18.3 Å². The van der Waals surface area contributed by atoms with E-state index in [1.165, 1.54) is 12.1 Å². The van der Waals surface area contributed by atoms with Crippen molar-refractivity contribution in [2.75, 3.05) is 13.2 Å². The molecule has 0 radical (unpaired) electrons. The highest BCUT2D eigenvalue weighted by molar-refractivity contribution is 6.30. The minimum Gasteiger partial charge on any atom is -0.488 e. The second-order valence-corrected chi connectivity index (χ2v) is 5.11. The molecule has 2 aromatic rings. The number of nitrogens with two attached hydrogens (primary N) is 1. The van der Waals surface area contributed by atoms with Gasteiger partial charge in [-0.1, -0.05) is 23.7 Å². The molecule has 0 heterocycles. The van der Waals surface area contributed by atoms with Crippen molar-refractivity contribution in [1.29, 1.82) is 0 Å². The van der Waals surface area contributed by atoms with E-state index in [9.17, 15) is 4.39 Å². The zero-order chi connectivity index (χ0) is 15.1. The maximum absolute atomic E-state index is 12.9. The van der Waals surface area contributed by atoms with Crippen LogP contribution in [0.3, 0.4) is 0 Å². The Kier molecular flexibility index (Phi) is 5.99. The minimum absolute atomic E-state index is 0.131. The van der Waals surface area contributed by atoms with Crippen LogP contribution in [0, 0.1) is 5.82 Å². The van der Waals surface area contributed by atoms with Gasteiger partial charge < -0.3 is 15.2 Å². The molecule has 112 valence electrons. The Morgan fingerprint density at radius 2 is 1.90 bits per heavy atom. The molecule has 0 aliphatic carbocycles. The second-order valence-electron chi connectivity index (χ2n) is 4.67. The number of hydrogen-bond donors (Lipinski definition) is 2. The van der Waals surface area contributed by atoms with Crippen LogP contribution < -0.4 is 10.1 Å². The van der Waals surface area contributed by atoms with Crippen LogP contribution in [0.5, 0.6) is 5.75 Å². The highest BCUT2D eigenvalue weighted by Gasteiger charge is 2.07. The molecule has 0 saturated carbocycles. The van der Waals surface area contributed by atoms with E-state index in [2.05, 4.69) is 0 Å². The summed E-state index contributed by atoms with van der Waals surface area (Å²) in [6.07, 6.45) is 0. The third-order valence-corrected chi connectivity index (χ3v) is 3.26. The van der Waals surface area contributed by atoms with Gasteiger partial charge in [0.1, 0.15) is 24.7 Å². The molecule has 5 heteroatoms. The van der Waals surface area contributed by atoms with E-state index in [-0.39, 0.29) is 12.4 Å². The highest BCUT2D eigenvalue weighted by atomic mass is 35.5. The van der Waals surface area contributed by atoms with Crippen molar-refractivity contribution >= 4 is 11.6 Å². The fraction of sp³-hybridized carbons (Fsp3) is 0.250. The van der Waals surface area contributed by atoms with Crippen molar-refractivity contribution < 1.29 is 19.6 Å². The van der Waals surface area contributed by atoms with Gasteiger partial charge in [-0.15, -0.1) is 0 Å². The molecule has 0 unspecified atom stereocenters. The average molecular weight is 311 g/mol. The minimum atomic E-state index is -0.260. The Bertz CT molecular complexity index is 575. The van der Waals surface area contributed by atoms with E-state index in [1.807, 2.05) is 17.4 Å². The molecule has 0 fully saturated rings. The van der Waals surface area contributed by atoms with Crippen LogP contribution in [-0.2, 0) is 13.2 Å². The summed E-state index contributed by atoms with van der Waals surface area (Å²) in [5, 5.41) is 11.5. The van der Waals surface area contributed by atoms with Gasteiger partial charge in [-0.05, 0) is 35.9 Å². The first-order valence-corrected chi connectivity index (χ1v) is 7.15. The predicted molar refractivity (Wildman–Crippen MR) is 79.8 cm³/mol. The standard InChI is InChI=1S/C16H17ClFNO2/c17-14-3-6-16(13(9-14)10-19-7-8-20)21-11-12-1-4-15(18)5-2-12/h1-6,9,19-20H,7-8,10-11H2/p+1. The molecule has 0 aliphatic rings. The van der Waals surface area contributed by atoms with Gasteiger partial charge in [0.15, 0.2) is 0 Å². The number of halogens is 2. The molecule has 0 aliphatic heterocycles. The van der Waals surface area contributed by atoms with Crippen molar-refractivity contribution in [3.8, 4) is 5.75 Å². The fourth-order valence-corrected chi connectivity index (χ4v) is 2.13. The molecule has 0 atom stereocenters. The number of hydrogen-bond acceptors (Lipinski definition) is 2. The smallest absolute Gasteiger partial charge is 0.128 e. The monoisotopic (exact) mass is 310 g/mol. The normalized spacial score (nSPS) is 10.6. The maximum atomic E-state index is 12.9. The number of ether oxygens (including phenoxy) is 1. The molecule has 21 heavy (non-hydrogen) atoms. The van der Waals surface area contributed by atoms with E-state index in [0.717, 1.165) is 16.9 Å². The Balaban J connectivity index is 2.02. The second kappa shape index (κ2) is 7.98. The van der Waals surface area contributed by atoms with Crippen LogP contribution >= 0.6 is 11.6 Å². The summed E-state index contributed by atoms with van der Waals surface area (Å²) >= 11 is 6.00. The summed E-state index contributed by atoms with van der Waals surface area (Å²) in [5.41, 5.74) is 1.87. The van der Waals surface area contributed by atoms with Crippen molar-refractivity contribution in [2.45, 2.75) is 13.2 Å². The largest absolute Gasteiger partial charge is 0.488 e. The number of benzene rings is 2. The molecule has 0 saturated heterocycles. The summed E-state index contributed by atoms with van der Waals surface area (Å²) in [6, 6.07) is 11.7. The number of quaternary nitrogens is 1. The maximum Gasteiger partial charge on any atom is 0.128 e. The van der Waals surface area contributed by atoms with Gasteiger partial charge in [0.25, 0.3) is 0 Å². The zero-order valence-electron chi connectivity index (χ0n) is 11.6. The summed E-state index contributed by atoms with van der Waals surface area (Å²) in [6.45, 7) is 1.81. The fourth-order valence-electron chi connectivity index (χ4n) is 1.94. The van der Waals surface area contributed by atoms with Crippen LogP contribution in [0.15, 0.2) is 42.5 Å². The van der Waals surface area contributed by atoms with Crippen molar-refractivity contribution in [3.05, 3.63) is 64.4 Å². The average Bonchev–Trinajstić information content (AvgIpc) is 2.48. The number of aliphatic hydroxyl groups is 1. The van der Waals surface area contributed by atoms with Crippen LogP contribution in [0.2, 0.25) is 5.02 Å². The summed E-state index contributed by atoms with van der Waals surface area (Å²) in [4.78, 5) is 0. The third kappa shape index (κ3) is 5.01. The van der Waals surface area contributed by atoms with E-state index < -0.39 is 0 Å². The Morgan fingerprint density at radius 3 is 2.62 bits per heavy atom. The molecule has 3 nitrogen and oxygen atoms in total. The molecule has 0 bridgehead atoms. The lowest BCUT2D eigenvalue weighted by Crippen LogP contribution is -2.83. The van der Waals surface area contributed by atoms with Crippen LogP contribution in [0.1, 0.15) is 11.1 Å². The van der Waals surface area contributed by atoms with Gasteiger partial charge in [0, 0.05) is 10.6 Å². The zero-order valence-corrected chi connectivity index (χ0v) is 12.3. The summed E-state index contributed by atoms with van der Waals surface area (Å²) < 4.78 is 18.6. The molecule has 0 aromatic heterocycles. The lowest BCUT2D eigenvalue weighted by Gasteiger charge is -2.11. The lowest BCUT2D eigenvalue weighted by molar-refractivity contribution is -0.671. The van der Waals surface area contributed by atoms with Gasteiger partial charge in [-0.2, -0.15) is 0 Å². The first kappa shape index (κ1) is 15.8. The molecule has 0 amide bonds. The quantitative estimate of drug-likeness (QED) is 0.770. The SMILES string of the molecule is OCC[NH2+]Cc1cc(Cl)ccc1OCc1ccc(F)cc1. The summed E-state index contributed by atoms with van der Waals surface area (Å²) in [5.74, 6) is 0.488. The Morgan fingerprint density at radius 1 is 1.14 bits per heavy atom. The van der Waals surface area contributed by atoms with Gasteiger partial charge in [-0.25, -0.2) is 4.39 Å². The third-order valence-electron chi connectivity index (χ3n) is 3.03.